The summed E-state index contributed by atoms with van der Waals surface area (Å²) in [6.45, 7) is 3.99. The van der Waals surface area contributed by atoms with E-state index >= 15 is 0 Å². The fourth-order valence-electron chi connectivity index (χ4n) is 1.51. The molecule has 0 fully saturated rings. The van der Waals surface area contributed by atoms with Crippen molar-refractivity contribution in [3.05, 3.63) is 58.0 Å². The van der Waals surface area contributed by atoms with E-state index in [-0.39, 0.29) is 11.5 Å². The molecule has 0 saturated heterocycles. The zero-order valence-corrected chi connectivity index (χ0v) is 10.4. The third kappa shape index (κ3) is 3.13. The Hall–Kier alpha value is -2.23. The Morgan fingerprint density at radius 2 is 2.17 bits per heavy atom. The minimum absolute atomic E-state index is 0.125. The molecule has 0 aliphatic rings. The van der Waals surface area contributed by atoms with Crippen LogP contribution in [0.3, 0.4) is 0 Å². The number of nitrogens with zero attached hydrogens (tertiary/aromatic N) is 2. The molecule has 2 rings (SSSR count). The van der Waals surface area contributed by atoms with Gasteiger partial charge in [0.05, 0.1) is 5.69 Å². The highest BCUT2D eigenvalue weighted by Gasteiger charge is 2.03. The molecule has 2 heterocycles. The Bertz CT molecular complexity index is 600. The number of aromatic amines is 1. The second-order valence-corrected chi connectivity index (χ2v) is 4.33. The quantitative estimate of drug-likeness (QED) is 0.898. The fourth-order valence-corrected chi connectivity index (χ4v) is 1.51. The van der Waals surface area contributed by atoms with Crippen molar-refractivity contribution in [3.8, 4) is 0 Å². The van der Waals surface area contributed by atoms with Crippen LogP contribution in [-0.2, 0) is 0 Å². The molecule has 4 nitrogen and oxygen atoms in total. The van der Waals surface area contributed by atoms with Crippen molar-refractivity contribution in [1.82, 2.24) is 15.0 Å². The van der Waals surface area contributed by atoms with Gasteiger partial charge in [-0.1, -0.05) is 26.0 Å². The lowest BCUT2D eigenvalue weighted by Gasteiger charge is -2.04. The van der Waals surface area contributed by atoms with E-state index in [2.05, 4.69) is 15.0 Å². The van der Waals surface area contributed by atoms with Crippen LogP contribution >= 0.6 is 0 Å². The SMILES string of the molecule is CC(C)c1nc(/C=C/c2cccnc2)cc(=O)[nH]1. The average Bonchev–Trinajstić information content (AvgIpc) is 2.37. The van der Waals surface area contributed by atoms with Gasteiger partial charge in [0, 0.05) is 24.4 Å². The smallest absolute Gasteiger partial charge is 0.251 e. The van der Waals surface area contributed by atoms with Crippen LogP contribution in [0.5, 0.6) is 0 Å². The molecule has 1 N–H and O–H groups in total. The van der Waals surface area contributed by atoms with Crippen LogP contribution in [0, 0.1) is 0 Å². The monoisotopic (exact) mass is 241 g/mol. The van der Waals surface area contributed by atoms with Crippen LogP contribution in [0.1, 0.15) is 36.8 Å². The molecule has 0 aliphatic heterocycles. The molecule has 4 heteroatoms. The molecule has 0 aromatic carbocycles. The molecule has 2 aromatic heterocycles. The van der Waals surface area contributed by atoms with E-state index in [0.717, 1.165) is 5.56 Å². The van der Waals surface area contributed by atoms with Gasteiger partial charge < -0.3 is 4.98 Å². The number of nitrogens with one attached hydrogen (secondary N) is 1. The number of hydrogen-bond acceptors (Lipinski definition) is 3. The predicted molar refractivity (Wildman–Crippen MR) is 72.1 cm³/mol. The number of H-pyrrole nitrogens is 1. The highest BCUT2D eigenvalue weighted by molar-refractivity contribution is 5.67. The van der Waals surface area contributed by atoms with E-state index < -0.39 is 0 Å². The summed E-state index contributed by atoms with van der Waals surface area (Å²) in [6.07, 6.45) is 7.18. The van der Waals surface area contributed by atoms with Gasteiger partial charge in [-0.15, -0.1) is 0 Å². The van der Waals surface area contributed by atoms with Crippen LogP contribution in [0.2, 0.25) is 0 Å². The summed E-state index contributed by atoms with van der Waals surface area (Å²) in [7, 11) is 0. The van der Waals surface area contributed by atoms with Crippen LogP contribution in [0.4, 0.5) is 0 Å². The molecular formula is C14H15N3O. The van der Waals surface area contributed by atoms with E-state index in [1.165, 1.54) is 6.07 Å². The first-order valence-electron chi connectivity index (χ1n) is 5.84. The highest BCUT2D eigenvalue weighted by Crippen LogP contribution is 2.08. The lowest BCUT2D eigenvalue weighted by Crippen LogP contribution is -2.12. The summed E-state index contributed by atoms with van der Waals surface area (Å²) >= 11 is 0. The summed E-state index contributed by atoms with van der Waals surface area (Å²) in [5.74, 6) is 0.901. The number of hydrogen-bond donors (Lipinski definition) is 1. The van der Waals surface area contributed by atoms with Crippen molar-refractivity contribution < 1.29 is 0 Å². The van der Waals surface area contributed by atoms with Gasteiger partial charge in [-0.3, -0.25) is 9.78 Å². The summed E-state index contributed by atoms with van der Waals surface area (Å²) < 4.78 is 0. The van der Waals surface area contributed by atoms with E-state index in [4.69, 9.17) is 0 Å². The molecule has 0 atom stereocenters. The fraction of sp³-hybridized carbons (Fsp3) is 0.214. The van der Waals surface area contributed by atoms with Crippen LogP contribution in [-0.4, -0.2) is 15.0 Å². The van der Waals surface area contributed by atoms with E-state index in [1.807, 2.05) is 38.1 Å². The second-order valence-electron chi connectivity index (χ2n) is 4.33. The van der Waals surface area contributed by atoms with Crippen molar-refractivity contribution in [3.63, 3.8) is 0 Å². The molecule has 0 radical (unpaired) electrons. The van der Waals surface area contributed by atoms with Gasteiger partial charge in [0.15, 0.2) is 0 Å². The Morgan fingerprint density at radius 1 is 1.33 bits per heavy atom. The minimum atomic E-state index is -0.125. The summed E-state index contributed by atoms with van der Waals surface area (Å²) in [5.41, 5.74) is 1.51. The number of pyridine rings is 1. The number of rotatable bonds is 3. The van der Waals surface area contributed by atoms with Gasteiger partial charge in [-0.25, -0.2) is 4.98 Å². The van der Waals surface area contributed by atoms with Crippen LogP contribution in [0.25, 0.3) is 12.2 Å². The van der Waals surface area contributed by atoms with Crippen molar-refractivity contribution in [2.75, 3.05) is 0 Å². The van der Waals surface area contributed by atoms with Crippen molar-refractivity contribution in [2.24, 2.45) is 0 Å². The minimum Gasteiger partial charge on any atom is -0.310 e. The molecule has 0 aliphatic carbocycles. The van der Waals surface area contributed by atoms with Gasteiger partial charge >= 0.3 is 0 Å². The number of aromatic nitrogens is 3. The molecule has 0 spiro atoms. The van der Waals surface area contributed by atoms with Crippen molar-refractivity contribution >= 4 is 12.2 Å². The van der Waals surface area contributed by atoms with Crippen molar-refractivity contribution in [1.29, 1.82) is 0 Å². The first-order chi connectivity index (χ1) is 8.65. The molecule has 0 amide bonds. The maximum atomic E-state index is 11.5. The Balaban J connectivity index is 2.29. The molecule has 0 saturated carbocycles. The first-order valence-corrected chi connectivity index (χ1v) is 5.84. The largest absolute Gasteiger partial charge is 0.310 e. The Morgan fingerprint density at radius 3 is 2.83 bits per heavy atom. The lowest BCUT2D eigenvalue weighted by molar-refractivity contribution is 0.764. The lowest BCUT2D eigenvalue weighted by atomic mass is 10.2. The zero-order valence-electron chi connectivity index (χ0n) is 10.4. The molecular weight excluding hydrogens is 226 g/mol. The van der Waals surface area contributed by atoms with Gasteiger partial charge in [0.1, 0.15) is 5.82 Å². The van der Waals surface area contributed by atoms with E-state index in [9.17, 15) is 4.79 Å². The maximum absolute atomic E-state index is 11.5. The predicted octanol–water partition coefficient (Wildman–Crippen LogP) is 2.46. The normalized spacial score (nSPS) is 11.3. The highest BCUT2D eigenvalue weighted by atomic mass is 16.1. The van der Waals surface area contributed by atoms with Crippen LogP contribution in [0.15, 0.2) is 35.4 Å². The Kier molecular flexibility index (Phi) is 3.67. The first kappa shape index (κ1) is 12.2. The maximum Gasteiger partial charge on any atom is 0.251 e. The van der Waals surface area contributed by atoms with Gasteiger partial charge in [-0.05, 0) is 17.7 Å². The standard InChI is InChI=1S/C14H15N3O/c1-10(2)14-16-12(8-13(18)17-14)6-5-11-4-3-7-15-9-11/h3-10H,1-2H3,(H,16,17,18)/b6-5+. The molecule has 0 bridgehead atoms. The third-order valence-electron chi connectivity index (χ3n) is 2.46. The molecule has 18 heavy (non-hydrogen) atoms. The Labute approximate surface area is 105 Å². The second kappa shape index (κ2) is 5.40. The topological polar surface area (TPSA) is 58.6 Å². The van der Waals surface area contributed by atoms with Gasteiger partial charge in [-0.2, -0.15) is 0 Å². The van der Waals surface area contributed by atoms with Gasteiger partial charge in [0.2, 0.25) is 0 Å². The average molecular weight is 241 g/mol. The molecule has 92 valence electrons. The summed E-state index contributed by atoms with van der Waals surface area (Å²) in [4.78, 5) is 22.6. The van der Waals surface area contributed by atoms with E-state index in [0.29, 0.717) is 11.5 Å². The van der Waals surface area contributed by atoms with Gasteiger partial charge in [0.25, 0.3) is 5.56 Å². The third-order valence-corrected chi connectivity index (χ3v) is 2.46. The zero-order chi connectivity index (χ0) is 13.0. The van der Waals surface area contributed by atoms with Crippen molar-refractivity contribution in [2.45, 2.75) is 19.8 Å². The molecule has 2 aromatic rings. The summed E-state index contributed by atoms with van der Waals surface area (Å²) in [6, 6.07) is 5.29. The molecule has 0 unspecified atom stereocenters. The van der Waals surface area contributed by atoms with Crippen LogP contribution < -0.4 is 5.56 Å². The summed E-state index contributed by atoms with van der Waals surface area (Å²) in [5, 5.41) is 0. The van der Waals surface area contributed by atoms with E-state index in [1.54, 1.807) is 12.4 Å².